The first-order valence-corrected chi connectivity index (χ1v) is 13.4. The first kappa shape index (κ1) is 26.2. The van der Waals surface area contributed by atoms with E-state index in [9.17, 15) is 5.11 Å². The second-order valence-electron chi connectivity index (χ2n) is 11.3. The van der Waals surface area contributed by atoms with Crippen LogP contribution in [0, 0.1) is 5.92 Å². The molecule has 38 heavy (non-hydrogen) atoms. The molecule has 1 aliphatic rings. The summed E-state index contributed by atoms with van der Waals surface area (Å²) in [7, 11) is 1.79. The van der Waals surface area contributed by atoms with Gasteiger partial charge in [-0.05, 0) is 68.9 Å². The molecule has 1 aliphatic heterocycles. The molecule has 2 aromatic heterocycles. The average Bonchev–Trinajstić information content (AvgIpc) is 3.17. The van der Waals surface area contributed by atoms with Crippen LogP contribution in [-0.4, -0.2) is 45.5 Å². The molecule has 0 amide bonds. The summed E-state index contributed by atoms with van der Waals surface area (Å²) < 4.78 is 8.22. The fraction of sp³-hybridized carbons (Fsp3) is 0.387. The smallest absolute Gasteiger partial charge is 0.0960 e. The van der Waals surface area contributed by atoms with Gasteiger partial charge in [0.1, 0.15) is 0 Å². The van der Waals surface area contributed by atoms with Gasteiger partial charge < -0.3 is 25.2 Å². The molecule has 5 N–H and O–H groups in total. The Labute approximate surface area is 224 Å². The third-order valence-electron chi connectivity index (χ3n) is 7.47. The van der Waals surface area contributed by atoms with Crippen molar-refractivity contribution in [2.75, 3.05) is 20.3 Å². The summed E-state index contributed by atoms with van der Waals surface area (Å²) in [6, 6.07) is 19.5. The van der Waals surface area contributed by atoms with Gasteiger partial charge in [-0.15, -0.1) is 0 Å². The molecule has 2 aromatic carbocycles. The van der Waals surface area contributed by atoms with Crippen molar-refractivity contribution >= 4 is 27.6 Å². The summed E-state index contributed by atoms with van der Waals surface area (Å²) in [6.07, 6.45) is 4.40. The van der Waals surface area contributed by atoms with Crippen molar-refractivity contribution in [3.8, 4) is 0 Å². The molecular formula is C31H39N5O2. The van der Waals surface area contributed by atoms with E-state index in [1.807, 2.05) is 27.0 Å². The van der Waals surface area contributed by atoms with Crippen LogP contribution in [0.1, 0.15) is 56.3 Å². The number of nitrogens with two attached hydrogens (primary N) is 2. The Kier molecular flexibility index (Phi) is 7.18. The normalized spacial score (nSPS) is 16.6. The second-order valence-corrected chi connectivity index (χ2v) is 11.3. The lowest BCUT2D eigenvalue weighted by Gasteiger charge is -2.33. The molecule has 1 atom stereocenters. The van der Waals surface area contributed by atoms with Gasteiger partial charge in [-0.1, -0.05) is 36.4 Å². The molecule has 0 radical (unpaired) electrons. The number of hydrazine groups is 1. The summed E-state index contributed by atoms with van der Waals surface area (Å²) in [6.45, 7) is 7.07. The molecule has 1 fully saturated rings. The van der Waals surface area contributed by atoms with E-state index in [-0.39, 0.29) is 6.04 Å². The third kappa shape index (κ3) is 5.14. The Morgan fingerprint density at radius 3 is 2.47 bits per heavy atom. The Morgan fingerprint density at radius 2 is 1.84 bits per heavy atom. The van der Waals surface area contributed by atoms with Gasteiger partial charge in [0, 0.05) is 49.5 Å². The molecule has 5 rings (SSSR count). The fourth-order valence-corrected chi connectivity index (χ4v) is 6.02. The first-order valence-electron chi connectivity index (χ1n) is 13.4. The van der Waals surface area contributed by atoms with E-state index in [0.29, 0.717) is 18.0 Å². The predicted octanol–water partition coefficient (Wildman–Crippen LogP) is 4.97. The number of nitrogens with zero attached hydrogens (tertiary/aromatic N) is 3. The van der Waals surface area contributed by atoms with Crippen molar-refractivity contribution in [1.29, 1.82) is 0 Å². The zero-order valence-electron chi connectivity index (χ0n) is 22.8. The molecule has 1 saturated heterocycles. The monoisotopic (exact) mass is 513 g/mol. The minimum absolute atomic E-state index is 0.110. The number of fused-ring (bicyclic) bond motifs is 3. The number of benzene rings is 2. The number of ether oxygens (including phenoxy) is 1. The lowest BCUT2D eigenvalue weighted by molar-refractivity contribution is 0.0553. The van der Waals surface area contributed by atoms with Crippen LogP contribution in [0.4, 0.5) is 0 Å². The van der Waals surface area contributed by atoms with E-state index in [2.05, 4.69) is 59.2 Å². The lowest BCUT2D eigenvalue weighted by Crippen LogP contribution is -2.27. The van der Waals surface area contributed by atoms with Gasteiger partial charge in [0.05, 0.1) is 33.9 Å². The maximum absolute atomic E-state index is 10.5. The molecule has 0 saturated carbocycles. The van der Waals surface area contributed by atoms with Crippen LogP contribution in [0.3, 0.4) is 0 Å². The molecule has 0 spiro atoms. The van der Waals surface area contributed by atoms with Crippen LogP contribution in [0.15, 0.2) is 66.5 Å². The Balaban J connectivity index is 1.82. The molecule has 3 heterocycles. The van der Waals surface area contributed by atoms with Crippen LogP contribution in [0.25, 0.3) is 27.6 Å². The number of allylic oxidation sites excluding steroid dienone is 1. The molecule has 200 valence electrons. The standard InChI is InChI=1S/C31H39N5O2/c1-20(32)29(35(4)33)24-17-27-28(34-19-24)25-16-21(18-31(2,3)37)10-11-26(25)36(27)30(22-8-6-5-7-9-22)23-12-14-38-15-13-23/h5-11,16-17,19,23,30,37H,12-15,18,32-33H2,1-4H3/b29-20-/t30-/m1/s1. The fourth-order valence-electron chi connectivity index (χ4n) is 6.02. The van der Waals surface area contributed by atoms with Gasteiger partial charge in [-0.3, -0.25) is 4.98 Å². The number of aromatic nitrogens is 2. The average molecular weight is 514 g/mol. The first-order chi connectivity index (χ1) is 18.1. The summed E-state index contributed by atoms with van der Waals surface area (Å²) in [4.78, 5) is 4.99. The highest BCUT2D eigenvalue weighted by Gasteiger charge is 2.30. The number of pyridine rings is 1. The van der Waals surface area contributed by atoms with Crippen molar-refractivity contribution in [2.45, 2.75) is 51.7 Å². The van der Waals surface area contributed by atoms with Crippen molar-refractivity contribution in [3.63, 3.8) is 0 Å². The van der Waals surface area contributed by atoms with E-state index in [0.717, 1.165) is 64.8 Å². The molecule has 0 unspecified atom stereocenters. The van der Waals surface area contributed by atoms with Crippen LogP contribution in [0.5, 0.6) is 0 Å². The van der Waals surface area contributed by atoms with Crippen molar-refractivity contribution in [2.24, 2.45) is 17.5 Å². The second kappa shape index (κ2) is 10.4. The van der Waals surface area contributed by atoms with Crippen molar-refractivity contribution < 1.29 is 9.84 Å². The summed E-state index contributed by atoms with van der Waals surface area (Å²) in [5.74, 6) is 6.61. The van der Waals surface area contributed by atoms with Gasteiger partial charge >= 0.3 is 0 Å². The van der Waals surface area contributed by atoms with Gasteiger partial charge in [0.2, 0.25) is 0 Å². The van der Waals surface area contributed by atoms with E-state index >= 15 is 0 Å². The zero-order chi connectivity index (χ0) is 27.0. The lowest BCUT2D eigenvalue weighted by atomic mass is 9.86. The van der Waals surface area contributed by atoms with Gasteiger partial charge in [-0.25, -0.2) is 5.84 Å². The quantitative estimate of drug-likeness (QED) is 0.238. The Bertz CT molecular complexity index is 1460. The molecule has 7 heteroatoms. The minimum atomic E-state index is -0.800. The predicted molar refractivity (Wildman–Crippen MR) is 154 cm³/mol. The van der Waals surface area contributed by atoms with Crippen molar-refractivity contribution in [3.05, 3.63) is 83.2 Å². The Morgan fingerprint density at radius 1 is 1.13 bits per heavy atom. The highest BCUT2D eigenvalue weighted by molar-refractivity contribution is 6.06. The number of hydrogen-bond acceptors (Lipinski definition) is 6. The molecule has 0 aliphatic carbocycles. The minimum Gasteiger partial charge on any atom is -0.401 e. The molecule has 7 nitrogen and oxygen atoms in total. The van der Waals surface area contributed by atoms with E-state index in [1.165, 1.54) is 5.56 Å². The van der Waals surface area contributed by atoms with E-state index in [4.69, 9.17) is 21.3 Å². The zero-order valence-corrected chi connectivity index (χ0v) is 22.8. The molecule has 4 aromatic rings. The summed E-state index contributed by atoms with van der Waals surface area (Å²) in [5, 5.41) is 13.1. The van der Waals surface area contributed by atoms with E-state index < -0.39 is 5.60 Å². The highest BCUT2D eigenvalue weighted by atomic mass is 16.5. The molecule has 0 bridgehead atoms. The summed E-state index contributed by atoms with van der Waals surface area (Å²) in [5.41, 5.74) is 13.2. The van der Waals surface area contributed by atoms with Gasteiger partial charge in [-0.2, -0.15) is 0 Å². The van der Waals surface area contributed by atoms with Crippen molar-refractivity contribution in [1.82, 2.24) is 14.6 Å². The maximum atomic E-state index is 10.5. The van der Waals surface area contributed by atoms with Crippen LogP contribution in [-0.2, 0) is 11.2 Å². The largest absolute Gasteiger partial charge is 0.401 e. The van der Waals surface area contributed by atoms with Gasteiger partial charge in [0.25, 0.3) is 0 Å². The summed E-state index contributed by atoms with van der Waals surface area (Å²) >= 11 is 0. The number of aliphatic hydroxyl groups is 1. The third-order valence-corrected chi connectivity index (χ3v) is 7.47. The van der Waals surface area contributed by atoms with Crippen LogP contribution < -0.4 is 11.6 Å². The number of rotatable bonds is 7. The van der Waals surface area contributed by atoms with Crippen LogP contribution >= 0.6 is 0 Å². The molecular weight excluding hydrogens is 474 g/mol. The highest BCUT2D eigenvalue weighted by Crippen LogP contribution is 2.41. The van der Waals surface area contributed by atoms with E-state index in [1.54, 1.807) is 12.1 Å². The number of hydrogen-bond donors (Lipinski definition) is 3. The Hall–Kier alpha value is -3.39. The SMILES string of the molecule is C/C(N)=C(\c1cnc2c3cc(CC(C)(C)O)ccc3n([C@H](c3ccccc3)C3CCOCC3)c2c1)N(C)N. The van der Waals surface area contributed by atoms with Crippen LogP contribution in [0.2, 0.25) is 0 Å². The topological polar surface area (TPSA) is 103 Å². The maximum Gasteiger partial charge on any atom is 0.0960 e. The van der Waals surface area contributed by atoms with Gasteiger partial charge in [0.15, 0.2) is 0 Å².